The summed E-state index contributed by atoms with van der Waals surface area (Å²) >= 11 is 0. The predicted molar refractivity (Wildman–Crippen MR) is 66.2 cm³/mol. The Morgan fingerprint density at radius 1 is 1.35 bits per heavy atom. The number of amides is 1. The number of benzene rings is 1. The van der Waals surface area contributed by atoms with Crippen molar-refractivity contribution in [2.45, 2.75) is 32.2 Å². The molecule has 90 valence electrons. The zero-order chi connectivity index (χ0) is 11.8. The van der Waals surface area contributed by atoms with E-state index in [0.717, 1.165) is 24.3 Å². The summed E-state index contributed by atoms with van der Waals surface area (Å²) in [5.74, 6) is 1.35. The standard InChI is InChI=1S/C14H17NO2/c1-10-9-17-13-8-3-2-7-12(13)15(10)14(16)11-5-4-6-11/h2-3,7-8,10-11H,4-6,9H2,1H3. The summed E-state index contributed by atoms with van der Waals surface area (Å²) in [6.45, 7) is 2.64. The highest BCUT2D eigenvalue weighted by Gasteiger charge is 2.35. The zero-order valence-electron chi connectivity index (χ0n) is 10.1. The number of para-hydroxylation sites is 2. The lowest BCUT2D eigenvalue weighted by molar-refractivity contribution is -0.125. The molecule has 1 unspecified atom stereocenters. The van der Waals surface area contributed by atoms with E-state index >= 15 is 0 Å². The van der Waals surface area contributed by atoms with Gasteiger partial charge in [0.2, 0.25) is 5.91 Å². The Bertz CT molecular complexity index is 440. The van der Waals surface area contributed by atoms with E-state index in [1.54, 1.807) is 0 Å². The Kier molecular flexibility index (Phi) is 2.54. The molecule has 17 heavy (non-hydrogen) atoms. The first kappa shape index (κ1) is 10.6. The molecule has 1 aromatic rings. The first-order valence-corrected chi connectivity index (χ1v) is 6.32. The van der Waals surface area contributed by atoms with E-state index in [9.17, 15) is 4.79 Å². The van der Waals surface area contributed by atoms with Crippen LogP contribution in [0.4, 0.5) is 5.69 Å². The van der Waals surface area contributed by atoms with Gasteiger partial charge in [-0.2, -0.15) is 0 Å². The van der Waals surface area contributed by atoms with E-state index in [0.29, 0.717) is 6.61 Å². The average molecular weight is 231 g/mol. The molecule has 0 N–H and O–H groups in total. The van der Waals surface area contributed by atoms with Crippen molar-refractivity contribution in [2.75, 3.05) is 11.5 Å². The van der Waals surface area contributed by atoms with Crippen molar-refractivity contribution >= 4 is 11.6 Å². The molecule has 0 saturated heterocycles. The molecule has 2 aliphatic rings. The van der Waals surface area contributed by atoms with Gasteiger partial charge < -0.3 is 9.64 Å². The smallest absolute Gasteiger partial charge is 0.230 e. The number of fused-ring (bicyclic) bond motifs is 1. The van der Waals surface area contributed by atoms with Gasteiger partial charge in [0.05, 0.1) is 11.7 Å². The third-order valence-electron chi connectivity index (χ3n) is 3.74. The molecule has 0 spiro atoms. The van der Waals surface area contributed by atoms with Crippen LogP contribution >= 0.6 is 0 Å². The highest BCUT2D eigenvalue weighted by molar-refractivity contribution is 5.97. The van der Waals surface area contributed by atoms with Crippen LogP contribution in [0.15, 0.2) is 24.3 Å². The Morgan fingerprint density at radius 2 is 2.12 bits per heavy atom. The highest BCUT2D eigenvalue weighted by atomic mass is 16.5. The van der Waals surface area contributed by atoms with Crippen LogP contribution in [0.25, 0.3) is 0 Å². The second-order valence-electron chi connectivity index (χ2n) is 4.96. The number of nitrogens with zero attached hydrogens (tertiary/aromatic N) is 1. The number of anilines is 1. The van der Waals surface area contributed by atoms with Crippen LogP contribution in [-0.4, -0.2) is 18.6 Å². The largest absolute Gasteiger partial charge is 0.489 e. The van der Waals surface area contributed by atoms with Crippen molar-refractivity contribution < 1.29 is 9.53 Å². The number of hydrogen-bond donors (Lipinski definition) is 0. The molecule has 1 atom stereocenters. The molecular weight excluding hydrogens is 214 g/mol. The van der Waals surface area contributed by atoms with Gasteiger partial charge in [0.15, 0.2) is 0 Å². The minimum atomic E-state index is 0.137. The summed E-state index contributed by atoms with van der Waals surface area (Å²) < 4.78 is 5.65. The molecule has 3 nitrogen and oxygen atoms in total. The van der Waals surface area contributed by atoms with Gasteiger partial charge in [-0.15, -0.1) is 0 Å². The lowest BCUT2D eigenvalue weighted by atomic mass is 9.84. The maximum atomic E-state index is 12.4. The van der Waals surface area contributed by atoms with E-state index in [1.165, 1.54) is 6.42 Å². The molecule has 1 fully saturated rings. The van der Waals surface area contributed by atoms with Crippen LogP contribution in [0, 0.1) is 5.92 Å². The molecule has 1 heterocycles. The Balaban J connectivity index is 1.94. The van der Waals surface area contributed by atoms with E-state index in [4.69, 9.17) is 4.74 Å². The molecule has 0 aromatic heterocycles. The number of carbonyl (C=O) groups excluding carboxylic acids is 1. The molecular formula is C14H17NO2. The fraction of sp³-hybridized carbons (Fsp3) is 0.500. The van der Waals surface area contributed by atoms with Crippen molar-refractivity contribution in [1.82, 2.24) is 0 Å². The van der Waals surface area contributed by atoms with Gasteiger partial charge in [-0.05, 0) is 31.9 Å². The Morgan fingerprint density at radius 3 is 2.82 bits per heavy atom. The topological polar surface area (TPSA) is 29.5 Å². The second-order valence-corrected chi connectivity index (χ2v) is 4.96. The van der Waals surface area contributed by atoms with Crippen LogP contribution < -0.4 is 9.64 Å². The van der Waals surface area contributed by atoms with Crippen molar-refractivity contribution in [2.24, 2.45) is 5.92 Å². The van der Waals surface area contributed by atoms with Crippen LogP contribution in [0.2, 0.25) is 0 Å². The molecule has 3 heteroatoms. The summed E-state index contributed by atoms with van der Waals surface area (Å²) in [7, 11) is 0. The number of rotatable bonds is 1. The number of hydrogen-bond acceptors (Lipinski definition) is 2. The van der Waals surface area contributed by atoms with E-state index < -0.39 is 0 Å². The van der Waals surface area contributed by atoms with E-state index in [2.05, 4.69) is 0 Å². The minimum Gasteiger partial charge on any atom is -0.489 e. The van der Waals surface area contributed by atoms with Crippen molar-refractivity contribution in [3.05, 3.63) is 24.3 Å². The van der Waals surface area contributed by atoms with Gasteiger partial charge in [-0.1, -0.05) is 18.6 Å². The Labute approximate surface area is 101 Å². The van der Waals surface area contributed by atoms with Crippen LogP contribution in [-0.2, 0) is 4.79 Å². The van der Waals surface area contributed by atoms with Gasteiger partial charge in [0, 0.05) is 5.92 Å². The van der Waals surface area contributed by atoms with Crippen LogP contribution in [0.1, 0.15) is 26.2 Å². The maximum absolute atomic E-state index is 12.4. The molecule has 0 bridgehead atoms. The predicted octanol–water partition coefficient (Wildman–Crippen LogP) is 2.60. The molecule has 1 aliphatic carbocycles. The summed E-state index contributed by atoms with van der Waals surface area (Å²) in [5.41, 5.74) is 0.933. The van der Waals surface area contributed by atoms with Crippen LogP contribution in [0.5, 0.6) is 5.75 Å². The van der Waals surface area contributed by atoms with Gasteiger partial charge in [-0.3, -0.25) is 4.79 Å². The molecule has 1 saturated carbocycles. The normalized spacial score (nSPS) is 23.6. The van der Waals surface area contributed by atoms with E-state index in [1.807, 2.05) is 36.1 Å². The molecule has 1 amide bonds. The highest BCUT2D eigenvalue weighted by Crippen LogP contribution is 2.37. The van der Waals surface area contributed by atoms with Crippen molar-refractivity contribution in [1.29, 1.82) is 0 Å². The summed E-state index contributed by atoms with van der Waals surface area (Å²) in [5, 5.41) is 0. The summed E-state index contributed by atoms with van der Waals surface area (Å²) in [6, 6.07) is 7.95. The van der Waals surface area contributed by atoms with E-state index in [-0.39, 0.29) is 17.9 Å². The average Bonchev–Trinajstić information content (AvgIpc) is 2.26. The zero-order valence-corrected chi connectivity index (χ0v) is 10.1. The van der Waals surface area contributed by atoms with Gasteiger partial charge in [0.1, 0.15) is 12.4 Å². The number of carbonyl (C=O) groups is 1. The fourth-order valence-electron chi connectivity index (χ4n) is 2.49. The molecule has 1 aliphatic heterocycles. The minimum absolute atomic E-state index is 0.137. The van der Waals surface area contributed by atoms with Gasteiger partial charge in [0.25, 0.3) is 0 Å². The quantitative estimate of drug-likeness (QED) is 0.743. The monoisotopic (exact) mass is 231 g/mol. The fourth-order valence-corrected chi connectivity index (χ4v) is 2.49. The first-order chi connectivity index (χ1) is 8.27. The Hall–Kier alpha value is -1.51. The third kappa shape index (κ3) is 1.70. The third-order valence-corrected chi connectivity index (χ3v) is 3.74. The number of ether oxygens (including phenoxy) is 1. The van der Waals surface area contributed by atoms with Gasteiger partial charge in [-0.25, -0.2) is 0 Å². The van der Waals surface area contributed by atoms with Gasteiger partial charge >= 0.3 is 0 Å². The van der Waals surface area contributed by atoms with Crippen molar-refractivity contribution in [3.63, 3.8) is 0 Å². The lowest BCUT2D eigenvalue weighted by Gasteiger charge is -2.39. The SMILES string of the molecule is CC1COc2ccccc2N1C(=O)C1CCC1. The molecule has 1 aromatic carbocycles. The lowest BCUT2D eigenvalue weighted by Crippen LogP contribution is -2.48. The molecule has 3 rings (SSSR count). The van der Waals surface area contributed by atoms with Crippen molar-refractivity contribution in [3.8, 4) is 5.75 Å². The second kappa shape index (κ2) is 4.06. The summed E-state index contributed by atoms with van der Waals surface area (Å²) in [4.78, 5) is 14.4. The first-order valence-electron chi connectivity index (χ1n) is 6.32. The molecule has 0 radical (unpaired) electrons. The maximum Gasteiger partial charge on any atom is 0.230 e. The van der Waals surface area contributed by atoms with Crippen LogP contribution in [0.3, 0.4) is 0 Å². The summed E-state index contributed by atoms with van der Waals surface area (Å²) in [6.07, 6.45) is 3.28.